The van der Waals surface area contributed by atoms with Crippen molar-refractivity contribution < 1.29 is 23.4 Å². The van der Waals surface area contributed by atoms with Crippen LogP contribution in [-0.4, -0.2) is 19.2 Å². The lowest BCUT2D eigenvalue weighted by Crippen LogP contribution is -2.15. The van der Waals surface area contributed by atoms with Crippen LogP contribution in [0.1, 0.15) is 127 Å². The Bertz CT molecular complexity index is 966. The summed E-state index contributed by atoms with van der Waals surface area (Å²) >= 11 is 0. The Labute approximate surface area is 242 Å². The zero-order valence-electron chi connectivity index (χ0n) is 24.9. The average molecular weight is 555 g/mol. The first-order valence-electron chi connectivity index (χ1n) is 16.0. The number of carbonyl (C=O) groups is 1. The monoisotopic (exact) mass is 554 g/mol. The largest absolute Gasteiger partial charge is 0.494 e. The topological polar surface area (TPSA) is 44.8 Å². The molecule has 0 radical (unpaired) electrons. The minimum absolute atomic E-state index is 0.154. The number of ether oxygens (including phenoxy) is 3. The second-order valence-electron chi connectivity index (χ2n) is 11.5. The molecule has 0 amide bonds. The number of rotatable bonds is 19. The molecule has 222 valence electrons. The summed E-state index contributed by atoms with van der Waals surface area (Å²) in [5, 5.41) is 0. The first-order valence-corrected chi connectivity index (χ1v) is 16.0. The first kappa shape index (κ1) is 32.0. The Balaban J connectivity index is 1.31. The molecular weight excluding hydrogens is 503 g/mol. The maximum atomic E-state index is 14.5. The van der Waals surface area contributed by atoms with Gasteiger partial charge in [-0.2, -0.15) is 0 Å². The number of esters is 1. The molecule has 0 N–H and O–H groups in total. The molecule has 2 aromatic carbocycles. The van der Waals surface area contributed by atoms with Crippen LogP contribution in [0.5, 0.6) is 17.2 Å². The maximum absolute atomic E-state index is 14.5. The zero-order valence-corrected chi connectivity index (χ0v) is 24.9. The highest BCUT2D eigenvalue weighted by Gasteiger charge is 2.20. The third-order valence-corrected chi connectivity index (χ3v) is 8.15. The fraction of sp³-hybridized carbons (Fsp3) is 0.629. The van der Waals surface area contributed by atoms with Crippen LogP contribution in [0.15, 0.2) is 42.5 Å². The van der Waals surface area contributed by atoms with Crippen molar-refractivity contribution in [3.8, 4) is 17.2 Å². The van der Waals surface area contributed by atoms with Gasteiger partial charge >= 0.3 is 5.97 Å². The van der Waals surface area contributed by atoms with E-state index in [4.69, 9.17) is 14.2 Å². The molecule has 0 spiro atoms. The van der Waals surface area contributed by atoms with Crippen LogP contribution in [0.2, 0.25) is 0 Å². The van der Waals surface area contributed by atoms with Crippen LogP contribution in [0.4, 0.5) is 4.39 Å². The minimum atomic E-state index is -0.601. The van der Waals surface area contributed by atoms with E-state index in [0.717, 1.165) is 36.8 Å². The quantitative estimate of drug-likeness (QED) is 0.0984. The van der Waals surface area contributed by atoms with Gasteiger partial charge in [-0.25, -0.2) is 9.18 Å². The lowest BCUT2D eigenvalue weighted by molar-refractivity contribution is 0.0734. The van der Waals surface area contributed by atoms with Gasteiger partial charge in [0.25, 0.3) is 0 Å². The molecule has 5 heteroatoms. The van der Waals surface area contributed by atoms with E-state index in [1.54, 1.807) is 30.3 Å². The summed E-state index contributed by atoms with van der Waals surface area (Å²) in [6, 6.07) is 11.3. The summed E-state index contributed by atoms with van der Waals surface area (Å²) in [4.78, 5) is 12.5. The molecule has 0 aromatic heterocycles. The molecule has 0 saturated heterocycles. The molecule has 0 atom stereocenters. The van der Waals surface area contributed by atoms with Crippen LogP contribution < -0.4 is 14.2 Å². The second-order valence-corrected chi connectivity index (χ2v) is 11.5. The van der Waals surface area contributed by atoms with Crippen molar-refractivity contribution >= 4 is 5.97 Å². The molecule has 3 rings (SSSR count). The number of hydrogen-bond donors (Lipinski definition) is 0. The minimum Gasteiger partial charge on any atom is -0.494 e. The van der Waals surface area contributed by atoms with Crippen molar-refractivity contribution in [1.82, 2.24) is 0 Å². The highest BCUT2D eigenvalue weighted by molar-refractivity contribution is 5.91. The number of carbonyl (C=O) groups excluding carboxylic acids is 1. The van der Waals surface area contributed by atoms with Gasteiger partial charge in [0.1, 0.15) is 11.5 Å². The van der Waals surface area contributed by atoms with Gasteiger partial charge < -0.3 is 14.2 Å². The molecule has 1 aliphatic carbocycles. The number of benzene rings is 2. The Hall–Kier alpha value is -2.56. The van der Waals surface area contributed by atoms with Gasteiger partial charge in [-0.1, -0.05) is 97.3 Å². The van der Waals surface area contributed by atoms with Crippen LogP contribution >= 0.6 is 0 Å². The van der Waals surface area contributed by atoms with Crippen LogP contribution in [0.25, 0.3) is 0 Å². The summed E-state index contributed by atoms with van der Waals surface area (Å²) in [5.41, 5.74) is 0.154. The van der Waals surface area contributed by atoms with E-state index >= 15 is 0 Å². The molecule has 1 saturated carbocycles. The predicted molar refractivity (Wildman–Crippen MR) is 161 cm³/mol. The third-order valence-electron chi connectivity index (χ3n) is 8.15. The lowest BCUT2D eigenvalue weighted by Gasteiger charge is -2.28. The van der Waals surface area contributed by atoms with Crippen molar-refractivity contribution in [2.24, 2.45) is 11.8 Å². The van der Waals surface area contributed by atoms with Crippen molar-refractivity contribution in [2.75, 3.05) is 13.2 Å². The van der Waals surface area contributed by atoms with Gasteiger partial charge in [0.15, 0.2) is 11.6 Å². The first-order chi connectivity index (χ1) is 19.6. The van der Waals surface area contributed by atoms with E-state index < -0.39 is 11.8 Å². The maximum Gasteiger partial charge on any atom is 0.343 e. The van der Waals surface area contributed by atoms with Crippen molar-refractivity contribution in [3.05, 3.63) is 53.8 Å². The molecule has 1 fully saturated rings. The van der Waals surface area contributed by atoms with E-state index in [1.807, 2.05) is 0 Å². The standard InChI is InChI=1S/C35H51FO4/c1-3-5-6-7-8-9-10-11-25-39-34-24-19-30(27-33(34)36)35(37)40-32-22-20-31(21-23-32)38-26-12-14-29-17-15-28(13-4-2)16-18-29/h19-24,27-29H,3-18,25-26H2,1-2H3/t28-,29-. The van der Waals surface area contributed by atoms with Crippen molar-refractivity contribution in [1.29, 1.82) is 0 Å². The van der Waals surface area contributed by atoms with Gasteiger partial charge in [-0.05, 0) is 73.6 Å². The number of hydrogen-bond acceptors (Lipinski definition) is 4. The van der Waals surface area contributed by atoms with Gasteiger partial charge in [-0.15, -0.1) is 0 Å². The Morgan fingerprint density at radius 3 is 1.95 bits per heavy atom. The molecule has 1 aliphatic rings. The van der Waals surface area contributed by atoms with Gasteiger partial charge in [0, 0.05) is 0 Å². The summed E-state index contributed by atoms with van der Waals surface area (Å²) in [7, 11) is 0. The molecule has 40 heavy (non-hydrogen) atoms. The normalized spacial score (nSPS) is 17.0. The number of halogens is 1. The van der Waals surface area contributed by atoms with E-state index in [-0.39, 0.29) is 11.3 Å². The highest BCUT2D eigenvalue weighted by Crippen LogP contribution is 2.33. The lowest BCUT2D eigenvalue weighted by atomic mass is 9.78. The van der Waals surface area contributed by atoms with Crippen LogP contribution in [0.3, 0.4) is 0 Å². The SMILES string of the molecule is CCCCCCCCCCOc1ccc(C(=O)Oc2ccc(OCCC[C@H]3CC[C@H](CCC)CC3)cc2)cc1F. The van der Waals surface area contributed by atoms with Gasteiger partial charge in [0.2, 0.25) is 0 Å². The fourth-order valence-corrected chi connectivity index (χ4v) is 5.71. The van der Waals surface area contributed by atoms with Gasteiger partial charge in [-0.3, -0.25) is 0 Å². The highest BCUT2D eigenvalue weighted by atomic mass is 19.1. The van der Waals surface area contributed by atoms with Gasteiger partial charge in [0.05, 0.1) is 18.8 Å². The third kappa shape index (κ3) is 11.9. The second kappa shape index (κ2) is 18.7. The van der Waals surface area contributed by atoms with E-state index in [0.29, 0.717) is 19.0 Å². The van der Waals surface area contributed by atoms with Crippen LogP contribution in [-0.2, 0) is 0 Å². The molecule has 0 unspecified atom stereocenters. The van der Waals surface area contributed by atoms with Crippen molar-refractivity contribution in [3.63, 3.8) is 0 Å². The predicted octanol–water partition coefficient (Wildman–Crippen LogP) is 10.3. The Kier molecular flexibility index (Phi) is 15.0. The zero-order chi connectivity index (χ0) is 28.4. The van der Waals surface area contributed by atoms with E-state index in [9.17, 15) is 9.18 Å². The smallest absolute Gasteiger partial charge is 0.343 e. The molecule has 4 nitrogen and oxygen atoms in total. The van der Waals surface area contributed by atoms with E-state index in [1.165, 1.54) is 95.6 Å². The summed E-state index contributed by atoms with van der Waals surface area (Å²) in [6.07, 6.45) is 20.1. The molecular formula is C35H51FO4. The fourth-order valence-electron chi connectivity index (χ4n) is 5.71. The Morgan fingerprint density at radius 2 is 1.30 bits per heavy atom. The number of unbranched alkanes of at least 4 members (excludes halogenated alkanes) is 7. The summed E-state index contributed by atoms with van der Waals surface area (Å²) in [5.74, 6) is 1.98. The molecule has 0 heterocycles. The van der Waals surface area contributed by atoms with E-state index in [2.05, 4.69) is 13.8 Å². The summed E-state index contributed by atoms with van der Waals surface area (Å²) < 4.78 is 31.5. The summed E-state index contributed by atoms with van der Waals surface area (Å²) in [6.45, 7) is 5.68. The average Bonchev–Trinajstić information content (AvgIpc) is 2.97. The Morgan fingerprint density at radius 1 is 0.700 bits per heavy atom. The molecule has 0 bridgehead atoms. The van der Waals surface area contributed by atoms with Crippen molar-refractivity contribution in [2.45, 2.75) is 117 Å². The van der Waals surface area contributed by atoms with Crippen LogP contribution in [0, 0.1) is 17.7 Å². The molecule has 0 aliphatic heterocycles. The molecule has 2 aromatic rings.